The van der Waals surface area contributed by atoms with Crippen LogP contribution in [0.1, 0.15) is 27.2 Å². The number of rotatable bonds is 6. The van der Waals surface area contributed by atoms with Gasteiger partial charge in [-0.05, 0) is 37.6 Å². The Kier molecular flexibility index (Phi) is 7.31. The zero-order valence-corrected chi connectivity index (χ0v) is 10.1. The molecule has 0 saturated carbocycles. The van der Waals surface area contributed by atoms with Gasteiger partial charge in [-0.3, -0.25) is 4.99 Å². The second-order valence-corrected chi connectivity index (χ2v) is 3.85. The van der Waals surface area contributed by atoms with Gasteiger partial charge >= 0.3 is 0 Å². The maximum absolute atomic E-state index is 3.93. The minimum absolute atomic E-state index is 0.522. The normalized spacial score (nSPS) is 12.5. The molecule has 0 bridgehead atoms. The second-order valence-electron chi connectivity index (χ2n) is 3.85. The molecule has 0 aromatic rings. The highest BCUT2D eigenvalue weighted by atomic mass is 14.7. The van der Waals surface area contributed by atoms with E-state index >= 15 is 0 Å². The van der Waals surface area contributed by atoms with Crippen molar-refractivity contribution in [2.45, 2.75) is 27.2 Å². The van der Waals surface area contributed by atoms with Crippen LogP contribution in [0.5, 0.6) is 0 Å². The average molecular weight is 203 g/mol. The molecule has 0 aliphatic heterocycles. The molecule has 0 radical (unpaired) electrons. The molecule has 0 atom stereocenters. The van der Waals surface area contributed by atoms with Gasteiger partial charge in [-0.15, -0.1) is 5.73 Å². The van der Waals surface area contributed by atoms with Gasteiger partial charge in [0.25, 0.3) is 0 Å². The molecule has 0 aliphatic carbocycles. The fraction of sp³-hybridized carbons (Fsp3) is 0.429. The Morgan fingerprint density at radius 2 is 2.13 bits per heavy atom. The molecule has 1 nitrogen and oxygen atoms in total. The van der Waals surface area contributed by atoms with E-state index in [-0.39, 0.29) is 0 Å². The third-order valence-corrected chi connectivity index (χ3v) is 2.15. The first-order chi connectivity index (χ1) is 7.11. The van der Waals surface area contributed by atoms with E-state index in [1.54, 1.807) is 0 Å². The Labute approximate surface area is 93.6 Å². The second kappa shape index (κ2) is 8.02. The van der Waals surface area contributed by atoms with Crippen molar-refractivity contribution in [1.82, 2.24) is 0 Å². The van der Waals surface area contributed by atoms with Crippen LogP contribution in [0.2, 0.25) is 0 Å². The van der Waals surface area contributed by atoms with E-state index in [1.165, 1.54) is 11.1 Å². The van der Waals surface area contributed by atoms with E-state index in [4.69, 9.17) is 0 Å². The molecule has 0 heterocycles. The molecular formula is C14H21N. The first-order valence-electron chi connectivity index (χ1n) is 5.25. The molecule has 0 rings (SSSR count). The molecule has 0 amide bonds. The van der Waals surface area contributed by atoms with Crippen molar-refractivity contribution >= 4 is 6.72 Å². The molecular weight excluding hydrogens is 182 g/mol. The predicted molar refractivity (Wildman–Crippen MR) is 69.4 cm³/mol. The van der Waals surface area contributed by atoms with Gasteiger partial charge in [0, 0.05) is 0 Å². The van der Waals surface area contributed by atoms with Crippen LogP contribution < -0.4 is 0 Å². The molecule has 0 aromatic heterocycles. The van der Waals surface area contributed by atoms with Crippen LogP contribution in [-0.4, -0.2) is 13.3 Å². The van der Waals surface area contributed by atoms with Crippen molar-refractivity contribution in [3.63, 3.8) is 0 Å². The summed E-state index contributed by atoms with van der Waals surface area (Å²) < 4.78 is 0. The molecule has 0 spiro atoms. The summed E-state index contributed by atoms with van der Waals surface area (Å²) in [6.45, 7) is 14.2. The van der Waals surface area contributed by atoms with Crippen molar-refractivity contribution in [1.29, 1.82) is 0 Å². The minimum atomic E-state index is 0.522. The van der Waals surface area contributed by atoms with Gasteiger partial charge in [0.2, 0.25) is 0 Å². The van der Waals surface area contributed by atoms with Crippen LogP contribution in [0.25, 0.3) is 0 Å². The molecule has 0 saturated heterocycles. The van der Waals surface area contributed by atoms with Crippen molar-refractivity contribution < 1.29 is 0 Å². The topological polar surface area (TPSA) is 12.4 Å². The monoisotopic (exact) mass is 203 g/mol. The van der Waals surface area contributed by atoms with E-state index in [9.17, 15) is 0 Å². The lowest BCUT2D eigenvalue weighted by molar-refractivity contribution is 0.746. The number of aliphatic imine (C=N–C) groups is 1. The largest absolute Gasteiger partial charge is 0.297 e. The van der Waals surface area contributed by atoms with Crippen LogP contribution in [0.15, 0.2) is 46.7 Å². The Balaban J connectivity index is 4.57. The lowest BCUT2D eigenvalue weighted by Gasteiger charge is -2.08. The molecule has 82 valence electrons. The highest BCUT2D eigenvalue weighted by Crippen LogP contribution is 2.13. The number of nitrogens with zero attached hydrogens (tertiary/aromatic N) is 1. The first-order valence-corrected chi connectivity index (χ1v) is 5.25. The minimum Gasteiger partial charge on any atom is -0.297 e. The summed E-state index contributed by atoms with van der Waals surface area (Å²) in [5.74, 6) is 0.522. The van der Waals surface area contributed by atoms with Gasteiger partial charge in [-0.25, -0.2) is 0 Å². The van der Waals surface area contributed by atoms with Crippen LogP contribution in [0.3, 0.4) is 0 Å². The van der Waals surface area contributed by atoms with Gasteiger partial charge in [0.15, 0.2) is 0 Å². The molecule has 15 heavy (non-hydrogen) atoms. The van der Waals surface area contributed by atoms with Crippen molar-refractivity contribution in [3.8, 4) is 0 Å². The summed E-state index contributed by atoms with van der Waals surface area (Å²) in [5.41, 5.74) is 5.33. The first kappa shape index (κ1) is 13.7. The third-order valence-electron chi connectivity index (χ3n) is 2.15. The lowest BCUT2D eigenvalue weighted by Crippen LogP contribution is -1.98. The fourth-order valence-electron chi connectivity index (χ4n) is 1.20. The molecule has 0 fully saturated rings. The van der Waals surface area contributed by atoms with Crippen LogP contribution >= 0.6 is 0 Å². The Morgan fingerprint density at radius 3 is 2.60 bits per heavy atom. The summed E-state index contributed by atoms with van der Waals surface area (Å²) in [6, 6.07) is 0. The molecule has 0 N–H and O–H groups in total. The van der Waals surface area contributed by atoms with E-state index < -0.39 is 0 Å². The third kappa shape index (κ3) is 6.70. The summed E-state index contributed by atoms with van der Waals surface area (Å²) in [6.07, 6.45) is 7.15. The Hall–Kier alpha value is -1.33. The maximum Gasteiger partial charge on any atom is 0.0598 e. The van der Waals surface area contributed by atoms with E-state index in [0.717, 1.165) is 13.0 Å². The maximum atomic E-state index is 3.93. The molecule has 0 aliphatic rings. The number of allylic oxidation sites excluding steroid dienone is 4. The summed E-state index contributed by atoms with van der Waals surface area (Å²) >= 11 is 0. The van der Waals surface area contributed by atoms with Crippen molar-refractivity contribution in [2.75, 3.05) is 6.54 Å². The molecule has 0 aromatic carbocycles. The van der Waals surface area contributed by atoms with Crippen LogP contribution in [-0.2, 0) is 0 Å². The Morgan fingerprint density at radius 1 is 1.47 bits per heavy atom. The summed E-state index contributed by atoms with van der Waals surface area (Å²) in [7, 11) is 0. The summed E-state index contributed by atoms with van der Waals surface area (Å²) in [4.78, 5) is 3.93. The molecule has 1 heteroatoms. The average Bonchev–Trinajstić information content (AvgIpc) is 2.17. The highest BCUT2D eigenvalue weighted by molar-refractivity contribution is 5.28. The van der Waals surface area contributed by atoms with Crippen molar-refractivity contribution in [3.05, 3.63) is 41.7 Å². The number of hydrogen-bond donors (Lipinski definition) is 0. The quantitative estimate of drug-likeness (QED) is 0.352. The predicted octanol–water partition coefficient (Wildman–Crippen LogP) is 3.95. The standard InChI is InChI=1S/C14H21N/c1-6-7-8-9-13(4)10-14(11-15-5)12(2)3/h7,9-10,12H,1,5,8,11H2,2-4H3/b13-9-,14-10+. The van der Waals surface area contributed by atoms with Crippen LogP contribution in [0, 0.1) is 5.92 Å². The van der Waals surface area contributed by atoms with Gasteiger partial charge < -0.3 is 0 Å². The summed E-state index contributed by atoms with van der Waals surface area (Å²) in [5, 5.41) is 0. The SMILES string of the molecule is C=C=CC/C=C(C)\C=C(/CN=C)C(C)C. The lowest BCUT2D eigenvalue weighted by atomic mass is 10.0. The van der Waals surface area contributed by atoms with Gasteiger partial charge in [-0.1, -0.05) is 38.2 Å². The van der Waals surface area contributed by atoms with Gasteiger partial charge in [0.1, 0.15) is 0 Å². The van der Waals surface area contributed by atoms with Gasteiger partial charge in [-0.2, -0.15) is 0 Å². The highest BCUT2D eigenvalue weighted by Gasteiger charge is 2.01. The smallest absolute Gasteiger partial charge is 0.0598 e. The van der Waals surface area contributed by atoms with E-state index in [1.807, 2.05) is 6.08 Å². The Bertz CT molecular complexity index is 299. The zero-order chi connectivity index (χ0) is 11.7. The fourth-order valence-corrected chi connectivity index (χ4v) is 1.20. The zero-order valence-electron chi connectivity index (χ0n) is 10.1. The van der Waals surface area contributed by atoms with E-state index in [0.29, 0.717) is 5.92 Å². The van der Waals surface area contributed by atoms with Crippen LogP contribution in [0.4, 0.5) is 0 Å². The van der Waals surface area contributed by atoms with Gasteiger partial charge in [0.05, 0.1) is 6.54 Å². The number of hydrogen-bond acceptors (Lipinski definition) is 1. The van der Waals surface area contributed by atoms with E-state index in [2.05, 4.69) is 56.9 Å². The molecule has 0 unspecified atom stereocenters. The van der Waals surface area contributed by atoms with Crippen molar-refractivity contribution in [2.24, 2.45) is 10.9 Å².